The zero-order valence-corrected chi connectivity index (χ0v) is 16.9. The number of imidazole rings is 1. The molecule has 28 heavy (non-hydrogen) atoms. The van der Waals surface area contributed by atoms with Crippen molar-refractivity contribution in [2.24, 2.45) is 7.05 Å². The highest BCUT2D eigenvalue weighted by Gasteiger charge is 2.29. The smallest absolute Gasteiger partial charge is 0.332 e. The Balaban J connectivity index is 1.88. The Morgan fingerprint density at radius 3 is 2.71 bits per heavy atom. The molecule has 0 amide bonds. The summed E-state index contributed by atoms with van der Waals surface area (Å²) in [5.74, 6) is 1.23. The lowest BCUT2D eigenvalue weighted by molar-refractivity contribution is 0.415. The minimum Gasteiger partial charge on any atom is -0.495 e. The molecular formula is C19H22ClN5O3. The molecule has 0 unspecified atom stereocenters. The third-order valence-electron chi connectivity index (χ3n) is 5.18. The number of unbranched alkanes of at least 4 members (excludes halogenated alkanes) is 1. The second-order valence-corrected chi connectivity index (χ2v) is 7.27. The molecule has 0 N–H and O–H groups in total. The van der Waals surface area contributed by atoms with Crippen LogP contribution in [0.25, 0.3) is 11.2 Å². The normalized spacial score (nSPS) is 13.4. The molecule has 4 rings (SSSR count). The van der Waals surface area contributed by atoms with Gasteiger partial charge in [0.05, 0.1) is 12.1 Å². The number of hydrogen-bond donors (Lipinski definition) is 0. The molecule has 0 saturated carbocycles. The molecule has 0 aliphatic carbocycles. The first-order valence-corrected chi connectivity index (χ1v) is 9.66. The predicted molar refractivity (Wildman–Crippen MR) is 109 cm³/mol. The van der Waals surface area contributed by atoms with Gasteiger partial charge in [-0.2, -0.15) is 4.98 Å². The van der Waals surface area contributed by atoms with E-state index in [1.165, 1.54) is 9.13 Å². The van der Waals surface area contributed by atoms with Gasteiger partial charge in [0, 0.05) is 32.4 Å². The van der Waals surface area contributed by atoms with Crippen molar-refractivity contribution in [1.82, 2.24) is 18.7 Å². The first-order valence-electron chi connectivity index (χ1n) is 9.29. The van der Waals surface area contributed by atoms with Crippen molar-refractivity contribution < 1.29 is 4.74 Å². The van der Waals surface area contributed by atoms with Crippen molar-refractivity contribution in [3.05, 3.63) is 44.1 Å². The Morgan fingerprint density at radius 1 is 1.25 bits per heavy atom. The zero-order chi connectivity index (χ0) is 20.0. The SMILES string of the molecule is CCCCn1c(=O)c2c(nc3n2CCN3c2ccc(OC)c(Cl)c2)n(C)c1=O. The Hall–Kier alpha value is -2.74. The molecular weight excluding hydrogens is 382 g/mol. The van der Waals surface area contributed by atoms with Gasteiger partial charge >= 0.3 is 5.69 Å². The number of rotatable bonds is 5. The maximum absolute atomic E-state index is 13.0. The van der Waals surface area contributed by atoms with Crippen molar-refractivity contribution in [3.8, 4) is 5.75 Å². The molecule has 2 aromatic heterocycles. The highest BCUT2D eigenvalue weighted by Crippen LogP contribution is 2.35. The van der Waals surface area contributed by atoms with E-state index in [2.05, 4.69) is 4.98 Å². The maximum Gasteiger partial charge on any atom is 0.332 e. The van der Waals surface area contributed by atoms with Gasteiger partial charge in [-0.3, -0.25) is 13.9 Å². The largest absolute Gasteiger partial charge is 0.495 e. The van der Waals surface area contributed by atoms with Crippen molar-refractivity contribution in [1.29, 1.82) is 0 Å². The molecule has 0 radical (unpaired) electrons. The fourth-order valence-electron chi connectivity index (χ4n) is 3.66. The number of aromatic nitrogens is 4. The van der Waals surface area contributed by atoms with Gasteiger partial charge < -0.3 is 14.2 Å². The molecule has 0 spiro atoms. The monoisotopic (exact) mass is 403 g/mol. The van der Waals surface area contributed by atoms with Gasteiger partial charge in [0.15, 0.2) is 11.2 Å². The number of hydrogen-bond acceptors (Lipinski definition) is 5. The van der Waals surface area contributed by atoms with Crippen LogP contribution in [-0.2, 0) is 20.1 Å². The summed E-state index contributed by atoms with van der Waals surface area (Å²) < 4.78 is 9.87. The second-order valence-electron chi connectivity index (χ2n) is 6.86. The summed E-state index contributed by atoms with van der Waals surface area (Å²) in [6.45, 7) is 3.72. The van der Waals surface area contributed by atoms with Crippen LogP contribution in [-0.4, -0.2) is 32.3 Å². The Kier molecular flexibility index (Phi) is 4.66. The fraction of sp³-hybridized carbons (Fsp3) is 0.421. The first-order chi connectivity index (χ1) is 13.5. The quantitative estimate of drug-likeness (QED) is 0.654. The van der Waals surface area contributed by atoms with E-state index in [1.807, 2.05) is 28.5 Å². The van der Waals surface area contributed by atoms with Crippen LogP contribution in [0.1, 0.15) is 19.8 Å². The van der Waals surface area contributed by atoms with E-state index >= 15 is 0 Å². The summed E-state index contributed by atoms with van der Waals surface area (Å²) in [6, 6.07) is 5.52. The number of halogens is 1. The minimum absolute atomic E-state index is 0.278. The van der Waals surface area contributed by atoms with E-state index in [0.29, 0.717) is 47.5 Å². The molecule has 0 fully saturated rings. The predicted octanol–water partition coefficient (Wildman–Crippen LogP) is 2.51. The van der Waals surface area contributed by atoms with E-state index in [9.17, 15) is 9.59 Å². The number of ether oxygens (including phenoxy) is 1. The highest BCUT2D eigenvalue weighted by molar-refractivity contribution is 6.32. The summed E-state index contributed by atoms with van der Waals surface area (Å²) in [7, 11) is 3.23. The molecule has 3 aromatic rings. The van der Waals surface area contributed by atoms with E-state index in [0.717, 1.165) is 18.5 Å². The van der Waals surface area contributed by atoms with E-state index in [-0.39, 0.29) is 11.2 Å². The molecule has 8 nitrogen and oxygen atoms in total. The van der Waals surface area contributed by atoms with E-state index in [4.69, 9.17) is 16.3 Å². The minimum atomic E-state index is -0.332. The van der Waals surface area contributed by atoms with Gasteiger partial charge in [-0.1, -0.05) is 24.9 Å². The third-order valence-corrected chi connectivity index (χ3v) is 5.48. The van der Waals surface area contributed by atoms with Crippen molar-refractivity contribution in [2.45, 2.75) is 32.9 Å². The van der Waals surface area contributed by atoms with Crippen molar-refractivity contribution in [3.63, 3.8) is 0 Å². The average molecular weight is 404 g/mol. The number of benzene rings is 1. The molecule has 148 valence electrons. The molecule has 3 heterocycles. The van der Waals surface area contributed by atoms with Crippen LogP contribution in [0.4, 0.5) is 11.6 Å². The number of fused-ring (bicyclic) bond motifs is 3. The van der Waals surface area contributed by atoms with Crippen molar-refractivity contribution in [2.75, 3.05) is 18.6 Å². The molecule has 0 atom stereocenters. The number of nitrogens with zero attached hydrogens (tertiary/aromatic N) is 5. The highest BCUT2D eigenvalue weighted by atomic mass is 35.5. The van der Waals surface area contributed by atoms with Gasteiger partial charge in [-0.15, -0.1) is 0 Å². The van der Waals surface area contributed by atoms with Gasteiger partial charge in [-0.25, -0.2) is 4.79 Å². The fourth-order valence-corrected chi connectivity index (χ4v) is 3.91. The van der Waals surface area contributed by atoms with Gasteiger partial charge in [-0.05, 0) is 24.6 Å². The molecule has 0 bridgehead atoms. The standard InChI is InChI=1S/C19H22ClN5O3/c1-4-5-8-25-17(26)15-16(22(2)19(25)27)21-18-23(9-10-24(15)18)12-6-7-14(28-3)13(20)11-12/h6-7,11H,4-5,8-10H2,1-3H3. The lowest BCUT2D eigenvalue weighted by Gasteiger charge is -2.17. The summed E-state index contributed by atoms with van der Waals surface area (Å²) in [5, 5.41) is 0.504. The molecule has 1 aliphatic rings. The summed E-state index contributed by atoms with van der Waals surface area (Å²) in [6.07, 6.45) is 1.68. The zero-order valence-electron chi connectivity index (χ0n) is 16.1. The average Bonchev–Trinajstić information content (AvgIpc) is 3.25. The lowest BCUT2D eigenvalue weighted by atomic mass is 10.3. The Morgan fingerprint density at radius 2 is 2.04 bits per heavy atom. The van der Waals surface area contributed by atoms with Crippen LogP contribution in [0.15, 0.2) is 27.8 Å². The molecule has 1 aromatic carbocycles. The third kappa shape index (κ3) is 2.71. The topological polar surface area (TPSA) is 74.3 Å². The van der Waals surface area contributed by atoms with E-state index < -0.39 is 0 Å². The second kappa shape index (κ2) is 7.01. The van der Waals surface area contributed by atoms with Crippen LogP contribution in [0.5, 0.6) is 5.75 Å². The molecule has 9 heteroatoms. The Labute approximate surface area is 166 Å². The van der Waals surface area contributed by atoms with Crippen LogP contribution >= 0.6 is 11.6 Å². The van der Waals surface area contributed by atoms with Crippen LogP contribution in [0, 0.1) is 0 Å². The summed E-state index contributed by atoms with van der Waals surface area (Å²) >= 11 is 6.28. The van der Waals surface area contributed by atoms with Gasteiger partial charge in [0.1, 0.15) is 5.75 Å². The van der Waals surface area contributed by atoms with Crippen LogP contribution in [0.3, 0.4) is 0 Å². The lowest BCUT2D eigenvalue weighted by Crippen LogP contribution is -2.39. The molecule has 0 saturated heterocycles. The van der Waals surface area contributed by atoms with Gasteiger partial charge in [0.2, 0.25) is 5.95 Å². The number of methoxy groups -OCH3 is 1. The van der Waals surface area contributed by atoms with Crippen molar-refractivity contribution >= 4 is 34.4 Å². The van der Waals surface area contributed by atoms with Crippen LogP contribution < -0.4 is 20.9 Å². The molecule has 1 aliphatic heterocycles. The Bertz CT molecular complexity index is 1180. The number of anilines is 2. The maximum atomic E-state index is 13.0. The summed E-state index contributed by atoms with van der Waals surface area (Å²) in [4.78, 5) is 32.3. The number of aryl methyl sites for hydroxylation is 1. The van der Waals surface area contributed by atoms with E-state index in [1.54, 1.807) is 20.2 Å². The van der Waals surface area contributed by atoms with Gasteiger partial charge in [0.25, 0.3) is 5.56 Å². The first kappa shape index (κ1) is 18.6. The van der Waals surface area contributed by atoms with Crippen LogP contribution in [0.2, 0.25) is 5.02 Å². The summed E-state index contributed by atoms with van der Waals surface area (Å²) in [5.41, 5.74) is 1.12.